The Balaban J connectivity index is 0.000000853. The predicted molar refractivity (Wildman–Crippen MR) is 56.3 cm³/mol. The first-order chi connectivity index (χ1) is 6.84. The van der Waals surface area contributed by atoms with Crippen LogP contribution in [-0.4, -0.2) is 17.9 Å². The molecular weight excluding hydrogens is 366 g/mol. The van der Waals surface area contributed by atoms with Gasteiger partial charge in [0.05, 0.1) is 0 Å². The summed E-state index contributed by atoms with van der Waals surface area (Å²) >= 11 is 0. The second kappa shape index (κ2) is 3.80. The fourth-order valence-electron chi connectivity index (χ4n) is 1.70. The second-order valence-corrected chi connectivity index (χ2v) is 3.32. The minimum atomic E-state index is 0. The Morgan fingerprint density at radius 2 is 2.27 bits per heavy atom. The Kier molecular flexibility index (Phi) is 2.63. The van der Waals surface area contributed by atoms with Gasteiger partial charge in [-0.3, -0.25) is 0 Å². The van der Waals surface area contributed by atoms with Gasteiger partial charge >= 0.3 is 0 Å². The normalized spacial score (nSPS) is 16.7. The van der Waals surface area contributed by atoms with Crippen LogP contribution in [0, 0.1) is 12.7 Å². The molecule has 0 amide bonds. The third-order valence-electron chi connectivity index (χ3n) is 2.31. The predicted octanol–water partition coefficient (Wildman–Crippen LogP) is 1.70. The van der Waals surface area contributed by atoms with Gasteiger partial charge in [-0.05, 0) is 13.1 Å². The van der Waals surface area contributed by atoms with Crippen LogP contribution in [-0.2, 0) is 20.1 Å². The number of nitrogens with zero attached hydrogens (tertiary/aromatic N) is 3. The van der Waals surface area contributed by atoms with E-state index in [-0.39, 0.29) is 20.1 Å². The molecule has 2 aliphatic heterocycles. The molecule has 1 aromatic rings. The molecule has 0 saturated heterocycles. The first kappa shape index (κ1) is 10.4. The van der Waals surface area contributed by atoms with Crippen molar-refractivity contribution in [2.45, 2.75) is 0 Å². The number of fused-ring (bicyclic) bond motifs is 3. The molecule has 1 aromatic carbocycles. The molecule has 0 aliphatic carbocycles. The molecule has 79 valence electrons. The van der Waals surface area contributed by atoms with Crippen molar-refractivity contribution in [3.05, 3.63) is 42.6 Å². The second-order valence-electron chi connectivity index (χ2n) is 3.32. The fraction of sp³-hybridized carbons (Fsp3) is 0.0909. The van der Waals surface area contributed by atoms with Crippen LogP contribution < -0.4 is 4.90 Å². The van der Waals surface area contributed by atoms with Crippen molar-refractivity contribution in [1.82, 2.24) is 5.01 Å². The number of hydrazone groups is 1. The van der Waals surface area contributed by atoms with E-state index in [0.717, 1.165) is 11.5 Å². The number of amidine groups is 1. The first-order valence-electron chi connectivity index (χ1n) is 4.49. The Labute approximate surface area is 102 Å². The molecule has 4 heteroatoms. The van der Waals surface area contributed by atoms with Crippen molar-refractivity contribution in [2.24, 2.45) is 5.10 Å². The molecule has 0 spiro atoms. The summed E-state index contributed by atoms with van der Waals surface area (Å²) in [6, 6.07) is 9.20. The van der Waals surface area contributed by atoms with E-state index in [0.29, 0.717) is 0 Å². The summed E-state index contributed by atoms with van der Waals surface area (Å²) in [6.45, 7) is 1.95. The average Bonchev–Trinajstić information content (AvgIpc) is 2.59. The molecule has 0 N–H and O–H groups in total. The van der Waals surface area contributed by atoms with Crippen molar-refractivity contribution >= 4 is 17.6 Å². The third-order valence-corrected chi connectivity index (χ3v) is 2.31. The molecule has 15 heavy (non-hydrogen) atoms. The average molecular weight is 375 g/mol. The molecule has 0 aromatic heterocycles. The van der Waals surface area contributed by atoms with Crippen molar-refractivity contribution in [3.63, 3.8) is 0 Å². The summed E-state index contributed by atoms with van der Waals surface area (Å²) in [5.41, 5.74) is 2.25. The zero-order valence-corrected chi connectivity index (χ0v) is 10.5. The SMILES string of the molecule is CN1[CH-]N2C(=N1)C=Cc1ccc[c-]c12.[Ir]. The molecule has 0 unspecified atom stereocenters. The Hall–Kier alpha value is -1.12. The maximum Gasteiger partial charge on any atom is 0.119 e. The summed E-state index contributed by atoms with van der Waals surface area (Å²) in [6.07, 6.45) is 4.07. The molecule has 2 aliphatic rings. The molecule has 2 heterocycles. The van der Waals surface area contributed by atoms with Crippen molar-refractivity contribution in [2.75, 3.05) is 11.9 Å². The third kappa shape index (κ3) is 1.60. The van der Waals surface area contributed by atoms with Crippen LogP contribution in [0.3, 0.4) is 0 Å². The maximum absolute atomic E-state index is 4.32. The van der Waals surface area contributed by atoms with Gasteiger partial charge < -0.3 is 9.91 Å². The first-order valence-corrected chi connectivity index (χ1v) is 4.49. The van der Waals surface area contributed by atoms with Crippen LogP contribution in [0.2, 0.25) is 0 Å². The summed E-state index contributed by atoms with van der Waals surface area (Å²) in [5.74, 6) is 0.947. The number of hydrogen-bond acceptors (Lipinski definition) is 3. The zero-order valence-electron chi connectivity index (χ0n) is 8.14. The summed E-state index contributed by atoms with van der Waals surface area (Å²) < 4.78 is 0. The van der Waals surface area contributed by atoms with Gasteiger partial charge in [0.15, 0.2) is 0 Å². The van der Waals surface area contributed by atoms with E-state index in [2.05, 4.69) is 23.3 Å². The Morgan fingerprint density at radius 1 is 1.40 bits per heavy atom. The van der Waals surface area contributed by atoms with Gasteiger partial charge in [0.2, 0.25) is 0 Å². The van der Waals surface area contributed by atoms with Crippen LogP contribution in [0.1, 0.15) is 5.56 Å². The van der Waals surface area contributed by atoms with E-state index >= 15 is 0 Å². The molecule has 3 nitrogen and oxygen atoms in total. The van der Waals surface area contributed by atoms with Gasteiger partial charge in [0, 0.05) is 20.1 Å². The minimum Gasteiger partial charge on any atom is -0.477 e. The molecule has 0 atom stereocenters. The summed E-state index contributed by atoms with van der Waals surface area (Å²) in [5, 5.41) is 6.12. The molecule has 0 bridgehead atoms. The monoisotopic (exact) mass is 376 g/mol. The van der Waals surface area contributed by atoms with Crippen LogP contribution >= 0.6 is 0 Å². The number of rotatable bonds is 0. The van der Waals surface area contributed by atoms with E-state index in [1.165, 1.54) is 5.56 Å². The van der Waals surface area contributed by atoms with Crippen molar-refractivity contribution in [1.29, 1.82) is 0 Å². The van der Waals surface area contributed by atoms with Gasteiger partial charge in [0.1, 0.15) is 5.84 Å². The fourth-order valence-corrected chi connectivity index (χ4v) is 1.70. The molecule has 0 saturated carbocycles. The largest absolute Gasteiger partial charge is 0.477 e. The van der Waals surface area contributed by atoms with Gasteiger partial charge in [-0.1, -0.05) is 5.69 Å². The summed E-state index contributed by atoms with van der Waals surface area (Å²) in [7, 11) is 1.92. The van der Waals surface area contributed by atoms with E-state index in [1.807, 2.05) is 36.8 Å². The number of benzene rings is 1. The van der Waals surface area contributed by atoms with Gasteiger partial charge in [-0.25, -0.2) is 0 Å². The molecular formula is C11H9IrN3-2. The maximum atomic E-state index is 4.32. The van der Waals surface area contributed by atoms with E-state index in [9.17, 15) is 0 Å². The van der Waals surface area contributed by atoms with Crippen molar-refractivity contribution in [3.8, 4) is 0 Å². The number of hydrogen-bond donors (Lipinski definition) is 0. The molecule has 0 fully saturated rings. The van der Waals surface area contributed by atoms with Crippen LogP contribution in [0.4, 0.5) is 5.69 Å². The summed E-state index contributed by atoms with van der Waals surface area (Å²) in [4.78, 5) is 2.04. The van der Waals surface area contributed by atoms with Gasteiger partial charge in [0.25, 0.3) is 0 Å². The van der Waals surface area contributed by atoms with E-state index < -0.39 is 0 Å². The van der Waals surface area contributed by atoms with E-state index in [4.69, 9.17) is 0 Å². The van der Waals surface area contributed by atoms with E-state index in [1.54, 1.807) is 5.01 Å². The molecule has 1 radical (unpaired) electrons. The van der Waals surface area contributed by atoms with Gasteiger partial charge in [-0.15, -0.1) is 18.3 Å². The number of para-hydroxylation sites is 1. The van der Waals surface area contributed by atoms with Crippen LogP contribution in [0.5, 0.6) is 0 Å². The topological polar surface area (TPSA) is 18.8 Å². The number of anilines is 1. The standard InChI is InChI=1S/C11H9N3.Ir/c1-13-8-14-10-5-3-2-4-9(10)6-7-11(14)12-13;/h2-4,6-8H,1H3;/q-2;. The quantitative estimate of drug-likeness (QED) is 0.643. The van der Waals surface area contributed by atoms with Gasteiger partial charge in [-0.2, -0.15) is 29.4 Å². The van der Waals surface area contributed by atoms with Crippen molar-refractivity contribution < 1.29 is 20.1 Å². The smallest absolute Gasteiger partial charge is 0.119 e. The minimum absolute atomic E-state index is 0. The van der Waals surface area contributed by atoms with Crippen LogP contribution in [0.15, 0.2) is 29.4 Å². The molecule has 3 rings (SSSR count). The Bertz CT molecular complexity index is 439. The Morgan fingerprint density at radius 3 is 3.13 bits per heavy atom. The van der Waals surface area contributed by atoms with Crippen LogP contribution in [0.25, 0.3) is 6.08 Å². The zero-order chi connectivity index (χ0) is 9.54.